The molecule has 0 unspecified atom stereocenters. The lowest BCUT2D eigenvalue weighted by Crippen LogP contribution is -2.51. The van der Waals surface area contributed by atoms with Crippen LogP contribution < -0.4 is 5.32 Å². The highest BCUT2D eigenvalue weighted by atomic mass is 16.2. The number of aromatic nitrogens is 2. The molecule has 0 atom stereocenters. The molecule has 2 fully saturated rings. The Morgan fingerprint density at radius 2 is 1.77 bits per heavy atom. The minimum Gasteiger partial charge on any atom is -0.352 e. The highest BCUT2D eigenvalue weighted by molar-refractivity contribution is 5.94. The minimum atomic E-state index is 0.0229. The molecule has 1 N–H and O–H groups in total. The molecule has 1 saturated carbocycles. The molecule has 2 aliphatic rings. The molecule has 4 rings (SSSR count). The van der Waals surface area contributed by atoms with Crippen molar-refractivity contribution in [1.29, 1.82) is 0 Å². The molecule has 7 heteroatoms. The highest BCUT2D eigenvalue weighted by Crippen LogP contribution is 2.24. The van der Waals surface area contributed by atoms with Crippen LogP contribution in [0.1, 0.15) is 54.9 Å². The van der Waals surface area contributed by atoms with Crippen LogP contribution in [0.5, 0.6) is 0 Å². The van der Waals surface area contributed by atoms with Crippen molar-refractivity contribution in [3.63, 3.8) is 0 Å². The predicted octanol–water partition coefficient (Wildman–Crippen LogP) is 2.60. The van der Waals surface area contributed by atoms with Crippen LogP contribution in [0.3, 0.4) is 0 Å². The number of nitrogens with one attached hydrogen (secondary N) is 1. The summed E-state index contributed by atoms with van der Waals surface area (Å²) in [6.45, 7) is 5.89. The number of rotatable bonds is 6. The Labute approximate surface area is 178 Å². The lowest BCUT2D eigenvalue weighted by molar-refractivity contribution is -0.120. The van der Waals surface area contributed by atoms with Crippen LogP contribution in [0.2, 0.25) is 0 Å². The van der Waals surface area contributed by atoms with Gasteiger partial charge < -0.3 is 10.2 Å². The van der Waals surface area contributed by atoms with Gasteiger partial charge >= 0.3 is 0 Å². The van der Waals surface area contributed by atoms with Crippen molar-refractivity contribution in [1.82, 2.24) is 24.9 Å². The van der Waals surface area contributed by atoms with Gasteiger partial charge in [0.25, 0.3) is 5.91 Å². The van der Waals surface area contributed by atoms with Crippen molar-refractivity contribution in [2.45, 2.75) is 51.6 Å². The second kappa shape index (κ2) is 9.43. The summed E-state index contributed by atoms with van der Waals surface area (Å²) >= 11 is 0. The van der Waals surface area contributed by atoms with E-state index >= 15 is 0 Å². The molecule has 0 spiro atoms. The van der Waals surface area contributed by atoms with Crippen LogP contribution >= 0.6 is 0 Å². The van der Waals surface area contributed by atoms with Crippen molar-refractivity contribution in [2.24, 2.45) is 0 Å². The van der Waals surface area contributed by atoms with E-state index in [1.54, 1.807) is 10.9 Å². The third-order valence-corrected chi connectivity index (χ3v) is 6.27. The summed E-state index contributed by atoms with van der Waals surface area (Å²) in [5.74, 6) is 0.130. The van der Waals surface area contributed by atoms with E-state index in [4.69, 9.17) is 0 Å². The number of carbonyl (C=O) groups is 2. The monoisotopic (exact) mass is 409 g/mol. The van der Waals surface area contributed by atoms with Crippen molar-refractivity contribution >= 4 is 11.8 Å². The Kier molecular flexibility index (Phi) is 6.47. The molecule has 2 aromatic rings. The van der Waals surface area contributed by atoms with Gasteiger partial charge in [-0.25, -0.2) is 4.68 Å². The first-order valence-electron chi connectivity index (χ1n) is 11.1. The van der Waals surface area contributed by atoms with Crippen LogP contribution in [0, 0.1) is 0 Å². The first-order chi connectivity index (χ1) is 14.6. The summed E-state index contributed by atoms with van der Waals surface area (Å²) < 4.78 is 1.77. The number of nitrogens with zero attached hydrogens (tertiary/aromatic N) is 4. The summed E-state index contributed by atoms with van der Waals surface area (Å²) in [6, 6.07) is 8.32. The van der Waals surface area contributed by atoms with Crippen LogP contribution in [0.4, 0.5) is 0 Å². The number of hydrogen-bond donors (Lipinski definition) is 1. The standard InChI is InChI=1S/C23H31N5O2/c1-2-22(29)24-15-18-16-25-28(17-18)21-9-7-19(8-10-21)23(30)27-13-11-26(12-14-27)20-5-3-4-6-20/h7-10,16-17,20H,2-6,11-15H2,1H3,(H,24,29). The summed E-state index contributed by atoms with van der Waals surface area (Å²) in [7, 11) is 0. The second-order valence-corrected chi connectivity index (χ2v) is 8.24. The zero-order valence-electron chi connectivity index (χ0n) is 17.7. The molecule has 2 amide bonds. The third kappa shape index (κ3) is 4.73. The first kappa shape index (κ1) is 20.6. The summed E-state index contributed by atoms with van der Waals surface area (Å²) in [4.78, 5) is 28.8. The average molecular weight is 410 g/mol. The number of amides is 2. The van der Waals surface area contributed by atoms with Gasteiger partial charge in [0.2, 0.25) is 5.91 Å². The van der Waals surface area contributed by atoms with Crippen LogP contribution in [0.15, 0.2) is 36.7 Å². The molecule has 160 valence electrons. The lowest BCUT2D eigenvalue weighted by atomic mass is 10.1. The second-order valence-electron chi connectivity index (χ2n) is 8.24. The van der Waals surface area contributed by atoms with Gasteiger partial charge in [0, 0.05) is 62.5 Å². The molecule has 1 aromatic carbocycles. The summed E-state index contributed by atoms with van der Waals surface area (Å²) in [5, 5.41) is 7.21. The van der Waals surface area contributed by atoms with Gasteiger partial charge in [-0.15, -0.1) is 0 Å². The van der Waals surface area contributed by atoms with Gasteiger partial charge in [-0.1, -0.05) is 19.8 Å². The maximum atomic E-state index is 12.9. The van der Waals surface area contributed by atoms with Crippen LogP contribution in [-0.2, 0) is 11.3 Å². The molecule has 30 heavy (non-hydrogen) atoms. The van der Waals surface area contributed by atoms with Crippen LogP contribution in [0.25, 0.3) is 5.69 Å². The van der Waals surface area contributed by atoms with Gasteiger partial charge in [-0.3, -0.25) is 14.5 Å². The van der Waals surface area contributed by atoms with Gasteiger partial charge in [0.1, 0.15) is 0 Å². The Hall–Kier alpha value is -2.67. The van der Waals surface area contributed by atoms with Gasteiger partial charge in [-0.2, -0.15) is 5.10 Å². The highest BCUT2D eigenvalue weighted by Gasteiger charge is 2.28. The zero-order chi connectivity index (χ0) is 20.9. The SMILES string of the molecule is CCC(=O)NCc1cnn(-c2ccc(C(=O)N3CCN(C4CCCC4)CC3)cc2)c1. The molecule has 1 aromatic heterocycles. The molecule has 1 saturated heterocycles. The Balaban J connectivity index is 1.33. The van der Waals surface area contributed by atoms with E-state index in [2.05, 4.69) is 15.3 Å². The maximum Gasteiger partial charge on any atom is 0.253 e. The molecular weight excluding hydrogens is 378 g/mol. The molecule has 1 aliphatic carbocycles. The number of piperazine rings is 1. The van der Waals surface area contributed by atoms with Gasteiger partial charge in [-0.05, 0) is 37.1 Å². The molecule has 1 aliphatic heterocycles. The fourth-order valence-electron chi connectivity index (χ4n) is 4.42. The lowest BCUT2D eigenvalue weighted by Gasteiger charge is -2.38. The van der Waals surface area contributed by atoms with E-state index in [1.165, 1.54) is 25.7 Å². The van der Waals surface area contributed by atoms with Crippen molar-refractivity contribution in [3.8, 4) is 5.69 Å². The largest absolute Gasteiger partial charge is 0.352 e. The fraction of sp³-hybridized carbons (Fsp3) is 0.522. The molecule has 2 heterocycles. The van der Waals surface area contributed by atoms with E-state index in [1.807, 2.05) is 42.3 Å². The van der Waals surface area contributed by atoms with E-state index in [0.717, 1.165) is 49.0 Å². The molecule has 0 bridgehead atoms. The molecular formula is C23H31N5O2. The Bertz CT molecular complexity index is 862. The quantitative estimate of drug-likeness (QED) is 0.796. The van der Waals surface area contributed by atoms with Crippen LogP contribution in [-0.4, -0.2) is 63.6 Å². The third-order valence-electron chi connectivity index (χ3n) is 6.27. The number of benzene rings is 1. The summed E-state index contributed by atoms with van der Waals surface area (Å²) in [6.07, 6.45) is 9.45. The predicted molar refractivity (Wildman–Crippen MR) is 115 cm³/mol. The Morgan fingerprint density at radius 1 is 1.07 bits per heavy atom. The van der Waals surface area contributed by atoms with E-state index in [-0.39, 0.29) is 11.8 Å². The topological polar surface area (TPSA) is 70.5 Å². The fourth-order valence-corrected chi connectivity index (χ4v) is 4.42. The normalized spacial score (nSPS) is 18.0. The van der Waals surface area contributed by atoms with Gasteiger partial charge in [0.15, 0.2) is 0 Å². The number of hydrogen-bond acceptors (Lipinski definition) is 4. The smallest absolute Gasteiger partial charge is 0.253 e. The number of carbonyl (C=O) groups excluding carboxylic acids is 2. The maximum absolute atomic E-state index is 12.9. The average Bonchev–Trinajstić information content (AvgIpc) is 3.50. The van der Waals surface area contributed by atoms with Crippen molar-refractivity contribution in [3.05, 3.63) is 47.8 Å². The van der Waals surface area contributed by atoms with Gasteiger partial charge in [0.05, 0.1) is 11.9 Å². The van der Waals surface area contributed by atoms with Crippen molar-refractivity contribution in [2.75, 3.05) is 26.2 Å². The van der Waals surface area contributed by atoms with Crippen molar-refractivity contribution < 1.29 is 9.59 Å². The Morgan fingerprint density at radius 3 is 2.43 bits per heavy atom. The van der Waals surface area contributed by atoms with E-state index < -0.39 is 0 Å². The molecule has 0 radical (unpaired) electrons. The minimum absolute atomic E-state index is 0.0229. The first-order valence-corrected chi connectivity index (χ1v) is 11.1. The zero-order valence-corrected chi connectivity index (χ0v) is 17.7. The molecule has 7 nitrogen and oxygen atoms in total. The summed E-state index contributed by atoms with van der Waals surface area (Å²) in [5.41, 5.74) is 2.55. The van der Waals surface area contributed by atoms with E-state index in [0.29, 0.717) is 13.0 Å². The van der Waals surface area contributed by atoms with E-state index in [9.17, 15) is 9.59 Å².